The Hall–Kier alpha value is -0.820. The van der Waals surface area contributed by atoms with E-state index in [2.05, 4.69) is 45.0 Å². The molecule has 0 heterocycles. The number of aryl methyl sites for hydroxylation is 1. The van der Waals surface area contributed by atoms with Crippen molar-refractivity contribution in [3.8, 4) is 0 Å². The van der Waals surface area contributed by atoms with Gasteiger partial charge in [0.2, 0.25) is 0 Å². The first-order valence-corrected chi connectivity index (χ1v) is 9.88. The lowest BCUT2D eigenvalue weighted by Crippen LogP contribution is -2.34. The summed E-state index contributed by atoms with van der Waals surface area (Å²) >= 11 is 0. The van der Waals surface area contributed by atoms with Gasteiger partial charge in [0, 0.05) is 5.54 Å². The Balaban J connectivity index is 2.14. The molecule has 1 nitrogen and oxygen atoms in total. The van der Waals surface area contributed by atoms with Gasteiger partial charge in [0.1, 0.15) is 0 Å². The van der Waals surface area contributed by atoms with Crippen LogP contribution in [0.1, 0.15) is 96.1 Å². The summed E-state index contributed by atoms with van der Waals surface area (Å²) in [5.74, 6) is 0. The average Bonchev–Trinajstić information content (AvgIpc) is 2.49. The van der Waals surface area contributed by atoms with Crippen molar-refractivity contribution in [3.05, 3.63) is 35.4 Å². The number of rotatable bonds is 13. The number of hydrogen-bond acceptors (Lipinski definition) is 1. The van der Waals surface area contributed by atoms with Crippen LogP contribution < -0.4 is 5.73 Å². The minimum atomic E-state index is -0.117. The molecule has 0 saturated heterocycles. The third kappa shape index (κ3) is 10.5. The van der Waals surface area contributed by atoms with E-state index in [4.69, 9.17) is 5.73 Å². The molecule has 1 heteroatoms. The summed E-state index contributed by atoms with van der Waals surface area (Å²) < 4.78 is 0. The molecule has 132 valence electrons. The van der Waals surface area contributed by atoms with Crippen molar-refractivity contribution in [2.45, 2.75) is 103 Å². The first-order chi connectivity index (χ1) is 11.0. The highest BCUT2D eigenvalue weighted by Gasteiger charge is 2.13. The van der Waals surface area contributed by atoms with E-state index < -0.39 is 0 Å². The first-order valence-electron chi connectivity index (χ1n) is 9.88. The molecule has 0 aliphatic heterocycles. The van der Waals surface area contributed by atoms with Gasteiger partial charge in [-0.3, -0.25) is 0 Å². The standard InChI is InChI=1S/C22H39N/c1-4-5-6-7-8-9-10-11-12-13-16-20-17-14-15-18-21(20)19-22(2,3)23/h14-15,17-18H,4-13,16,19,23H2,1-3H3. The van der Waals surface area contributed by atoms with E-state index in [1.807, 2.05) is 0 Å². The molecule has 1 rings (SSSR count). The molecule has 0 saturated carbocycles. The molecule has 0 aromatic heterocycles. The second-order valence-electron chi connectivity index (χ2n) is 7.87. The maximum atomic E-state index is 6.19. The summed E-state index contributed by atoms with van der Waals surface area (Å²) in [6.07, 6.45) is 16.2. The van der Waals surface area contributed by atoms with E-state index in [0.717, 1.165) is 6.42 Å². The maximum absolute atomic E-state index is 6.19. The molecular formula is C22H39N. The van der Waals surface area contributed by atoms with Crippen molar-refractivity contribution in [2.24, 2.45) is 5.73 Å². The molecule has 0 aliphatic rings. The molecule has 0 aliphatic carbocycles. The fourth-order valence-electron chi connectivity index (χ4n) is 3.27. The third-order valence-electron chi connectivity index (χ3n) is 4.56. The summed E-state index contributed by atoms with van der Waals surface area (Å²) in [5.41, 5.74) is 9.02. The zero-order chi connectivity index (χ0) is 17.0. The molecule has 0 amide bonds. The molecule has 0 bridgehead atoms. The number of hydrogen-bond donors (Lipinski definition) is 1. The third-order valence-corrected chi connectivity index (χ3v) is 4.56. The molecule has 1 aromatic rings. The predicted molar refractivity (Wildman–Crippen MR) is 104 cm³/mol. The summed E-state index contributed by atoms with van der Waals surface area (Å²) in [7, 11) is 0. The quantitative estimate of drug-likeness (QED) is 0.417. The lowest BCUT2D eigenvalue weighted by Gasteiger charge is -2.20. The van der Waals surface area contributed by atoms with Gasteiger partial charge in [0.05, 0.1) is 0 Å². The van der Waals surface area contributed by atoms with E-state index in [1.54, 1.807) is 0 Å². The van der Waals surface area contributed by atoms with Gasteiger partial charge in [-0.2, -0.15) is 0 Å². The molecule has 1 aromatic carbocycles. The molecule has 0 radical (unpaired) electrons. The number of benzene rings is 1. The highest BCUT2D eigenvalue weighted by molar-refractivity contribution is 5.28. The average molecular weight is 318 g/mol. The van der Waals surface area contributed by atoms with Crippen LogP contribution in [0, 0.1) is 0 Å². The van der Waals surface area contributed by atoms with Gasteiger partial charge in [-0.05, 0) is 44.2 Å². The second kappa shape index (κ2) is 11.7. The Labute approximate surface area is 145 Å². The van der Waals surface area contributed by atoms with E-state index in [9.17, 15) is 0 Å². The second-order valence-corrected chi connectivity index (χ2v) is 7.87. The molecule has 2 N–H and O–H groups in total. The van der Waals surface area contributed by atoms with Gasteiger partial charge >= 0.3 is 0 Å². The van der Waals surface area contributed by atoms with Crippen LogP contribution in [0.25, 0.3) is 0 Å². The Bertz CT molecular complexity index is 403. The van der Waals surface area contributed by atoms with Crippen molar-refractivity contribution in [1.82, 2.24) is 0 Å². The number of nitrogens with two attached hydrogens (primary N) is 1. The number of unbranched alkanes of at least 4 members (excludes halogenated alkanes) is 9. The maximum Gasteiger partial charge on any atom is 0.0138 e. The van der Waals surface area contributed by atoms with Gasteiger partial charge < -0.3 is 5.73 Å². The fraction of sp³-hybridized carbons (Fsp3) is 0.727. The van der Waals surface area contributed by atoms with E-state index in [0.29, 0.717) is 0 Å². The van der Waals surface area contributed by atoms with Crippen LogP contribution in [0.2, 0.25) is 0 Å². The Kier molecular flexibility index (Phi) is 10.3. The monoisotopic (exact) mass is 317 g/mol. The van der Waals surface area contributed by atoms with Crippen LogP contribution in [0.3, 0.4) is 0 Å². The fourth-order valence-corrected chi connectivity index (χ4v) is 3.27. The van der Waals surface area contributed by atoms with Gasteiger partial charge in [0.15, 0.2) is 0 Å². The van der Waals surface area contributed by atoms with Gasteiger partial charge in [0.25, 0.3) is 0 Å². The van der Waals surface area contributed by atoms with Crippen molar-refractivity contribution in [2.75, 3.05) is 0 Å². The SMILES string of the molecule is CCCCCCCCCCCCc1ccccc1CC(C)(C)N. The van der Waals surface area contributed by atoms with Crippen LogP contribution in [0.15, 0.2) is 24.3 Å². The highest BCUT2D eigenvalue weighted by atomic mass is 14.7. The van der Waals surface area contributed by atoms with Crippen molar-refractivity contribution >= 4 is 0 Å². The van der Waals surface area contributed by atoms with Crippen molar-refractivity contribution in [3.63, 3.8) is 0 Å². The highest BCUT2D eigenvalue weighted by Crippen LogP contribution is 2.18. The zero-order valence-corrected chi connectivity index (χ0v) is 15.9. The molecule has 0 spiro atoms. The largest absolute Gasteiger partial charge is 0.325 e. The molecule has 0 unspecified atom stereocenters. The van der Waals surface area contributed by atoms with E-state index >= 15 is 0 Å². The van der Waals surface area contributed by atoms with Gasteiger partial charge in [-0.1, -0.05) is 89.0 Å². The topological polar surface area (TPSA) is 26.0 Å². The lowest BCUT2D eigenvalue weighted by molar-refractivity contribution is 0.513. The van der Waals surface area contributed by atoms with E-state index in [1.165, 1.54) is 81.8 Å². The zero-order valence-electron chi connectivity index (χ0n) is 15.9. The summed E-state index contributed by atoms with van der Waals surface area (Å²) in [4.78, 5) is 0. The first kappa shape index (κ1) is 20.2. The molecule has 23 heavy (non-hydrogen) atoms. The lowest BCUT2D eigenvalue weighted by atomic mass is 9.91. The molecule has 0 fully saturated rings. The van der Waals surface area contributed by atoms with Crippen molar-refractivity contribution in [1.29, 1.82) is 0 Å². The Morgan fingerprint density at radius 2 is 1.22 bits per heavy atom. The van der Waals surface area contributed by atoms with Crippen LogP contribution in [0.4, 0.5) is 0 Å². The van der Waals surface area contributed by atoms with Crippen molar-refractivity contribution < 1.29 is 0 Å². The van der Waals surface area contributed by atoms with Crippen LogP contribution >= 0.6 is 0 Å². The minimum absolute atomic E-state index is 0.117. The predicted octanol–water partition coefficient (Wildman–Crippen LogP) is 6.43. The van der Waals surface area contributed by atoms with Crippen LogP contribution in [-0.2, 0) is 12.8 Å². The van der Waals surface area contributed by atoms with Gasteiger partial charge in [-0.15, -0.1) is 0 Å². The molecular weight excluding hydrogens is 278 g/mol. The summed E-state index contributed by atoms with van der Waals surface area (Å²) in [6, 6.07) is 8.84. The summed E-state index contributed by atoms with van der Waals surface area (Å²) in [5, 5.41) is 0. The normalized spacial score (nSPS) is 11.8. The summed E-state index contributed by atoms with van der Waals surface area (Å²) in [6.45, 7) is 6.52. The van der Waals surface area contributed by atoms with Gasteiger partial charge in [-0.25, -0.2) is 0 Å². The molecule has 0 atom stereocenters. The smallest absolute Gasteiger partial charge is 0.0138 e. The van der Waals surface area contributed by atoms with E-state index in [-0.39, 0.29) is 5.54 Å². The van der Waals surface area contributed by atoms with Crippen LogP contribution in [-0.4, -0.2) is 5.54 Å². The Morgan fingerprint density at radius 1 is 0.739 bits per heavy atom. The van der Waals surface area contributed by atoms with Crippen LogP contribution in [0.5, 0.6) is 0 Å². The minimum Gasteiger partial charge on any atom is -0.325 e. The Morgan fingerprint density at radius 3 is 1.74 bits per heavy atom.